The first kappa shape index (κ1) is 16.1. The van der Waals surface area contributed by atoms with Gasteiger partial charge in [-0.2, -0.15) is 0 Å². The predicted octanol–water partition coefficient (Wildman–Crippen LogP) is 4.66. The molecule has 0 heterocycles. The van der Waals surface area contributed by atoms with Crippen molar-refractivity contribution < 1.29 is 0 Å². The van der Waals surface area contributed by atoms with Gasteiger partial charge < -0.3 is 5.32 Å². The maximum absolute atomic E-state index is 6.31. The number of nitrogens with one attached hydrogen (secondary N) is 1. The van der Waals surface area contributed by atoms with Crippen LogP contribution in [0.2, 0.25) is 5.02 Å². The molecule has 0 aromatic heterocycles. The van der Waals surface area contributed by atoms with Crippen LogP contribution >= 0.6 is 11.6 Å². The molecule has 1 nitrogen and oxygen atoms in total. The first-order chi connectivity index (χ1) is 10.2. The molecule has 0 bridgehead atoms. The fourth-order valence-electron chi connectivity index (χ4n) is 2.71. The van der Waals surface area contributed by atoms with E-state index in [1.807, 2.05) is 12.1 Å². The molecule has 21 heavy (non-hydrogen) atoms. The highest BCUT2D eigenvalue weighted by molar-refractivity contribution is 6.31. The van der Waals surface area contributed by atoms with E-state index in [9.17, 15) is 0 Å². The van der Waals surface area contributed by atoms with Gasteiger partial charge in [-0.3, -0.25) is 0 Å². The first-order valence-corrected chi connectivity index (χ1v) is 8.06. The van der Waals surface area contributed by atoms with E-state index < -0.39 is 0 Å². The third-order valence-electron chi connectivity index (χ3n) is 3.76. The zero-order valence-electron chi connectivity index (χ0n) is 12.9. The molecule has 0 spiro atoms. The Bertz CT molecular complexity index is 565. The molecule has 0 saturated heterocycles. The average Bonchev–Trinajstić information content (AvgIpc) is 2.47. The van der Waals surface area contributed by atoms with Gasteiger partial charge in [0.15, 0.2) is 0 Å². The normalized spacial score (nSPS) is 12.3. The lowest BCUT2D eigenvalue weighted by molar-refractivity contribution is 0.478. The van der Waals surface area contributed by atoms with Gasteiger partial charge in [-0.1, -0.05) is 66.6 Å². The average molecular weight is 302 g/mol. The highest BCUT2D eigenvalue weighted by Crippen LogP contribution is 2.21. The van der Waals surface area contributed by atoms with Gasteiger partial charge in [0, 0.05) is 5.02 Å². The topological polar surface area (TPSA) is 12.0 Å². The van der Waals surface area contributed by atoms with E-state index in [0.29, 0.717) is 5.92 Å². The SMILES string of the molecule is CCNCC(Cc1cccc(C)c1)Cc1ccccc1Cl. The summed E-state index contributed by atoms with van der Waals surface area (Å²) in [6, 6.07) is 17.0. The van der Waals surface area contributed by atoms with Crippen molar-refractivity contribution in [1.29, 1.82) is 0 Å². The van der Waals surface area contributed by atoms with Crippen molar-refractivity contribution in [3.8, 4) is 0 Å². The molecular weight excluding hydrogens is 278 g/mol. The van der Waals surface area contributed by atoms with Crippen molar-refractivity contribution in [3.05, 3.63) is 70.2 Å². The number of benzene rings is 2. The molecule has 0 amide bonds. The van der Waals surface area contributed by atoms with Crippen LogP contribution in [0.1, 0.15) is 23.6 Å². The Morgan fingerprint density at radius 3 is 2.57 bits per heavy atom. The second-order valence-corrected chi connectivity index (χ2v) is 6.07. The molecule has 0 fully saturated rings. The van der Waals surface area contributed by atoms with E-state index in [4.69, 9.17) is 11.6 Å². The third-order valence-corrected chi connectivity index (χ3v) is 4.13. The predicted molar refractivity (Wildman–Crippen MR) is 92.1 cm³/mol. The minimum absolute atomic E-state index is 0.562. The molecular formula is C19H24ClN. The molecule has 0 aliphatic carbocycles. The van der Waals surface area contributed by atoms with Gasteiger partial charge in [0.1, 0.15) is 0 Å². The van der Waals surface area contributed by atoms with Crippen molar-refractivity contribution >= 4 is 11.6 Å². The fourth-order valence-corrected chi connectivity index (χ4v) is 2.93. The summed E-state index contributed by atoms with van der Waals surface area (Å²) in [4.78, 5) is 0. The molecule has 0 aliphatic heterocycles. The van der Waals surface area contributed by atoms with Crippen LogP contribution in [0, 0.1) is 12.8 Å². The third kappa shape index (κ3) is 5.18. The van der Waals surface area contributed by atoms with Crippen LogP contribution in [0.25, 0.3) is 0 Å². The zero-order chi connectivity index (χ0) is 15.1. The van der Waals surface area contributed by atoms with Crippen molar-refractivity contribution in [2.75, 3.05) is 13.1 Å². The van der Waals surface area contributed by atoms with E-state index in [0.717, 1.165) is 31.0 Å². The van der Waals surface area contributed by atoms with Crippen LogP contribution in [0.3, 0.4) is 0 Å². The second-order valence-electron chi connectivity index (χ2n) is 5.66. The Labute approximate surface area is 133 Å². The van der Waals surface area contributed by atoms with Crippen molar-refractivity contribution in [1.82, 2.24) is 5.32 Å². The summed E-state index contributed by atoms with van der Waals surface area (Å²) >= 11 is 6.31. The maximum atomic E-state index is 6.31. The summed E-state index contributed by atoms with van der Waals surface area (Å²) in [5, 5.41) is 4.36. The molecule has 0 aliphatic rings. The van der Waals surface area contributed by atoms with Gasteiger partial charge in [-0.05, 0) is 56.0 Å². The van der Waals surface area contributed by atoms with Crippen LogP contribution in [0.4, 0.5) is 0 Å². The van der Waals surface area contributed by atoms with E-state index in [-0.39, 0.29) is 0 Å². The van der Waals surface area contributed by atoms with Gasteiger partial charge in [0.2, 0.25) is 0 Å². The van der Waals surface area contributed by atoms with Crippen LogP contribution in [0.5, 0.6) is 0 Å². The van der Waals surface area contributed by atoms with Gasteiger partial charge in [0.05, 0.1) is 0 Å². The monoisotopic (exact) mass is 301 g/mol. The van der Waals surface area contributed by atoms with Crippen molar-refractivity contribution in [2.45, 2.75) is 26.7 Å². The van der Waals surface area contributed by atoms with Gasteiger partial charge in [-0.25, -0.2) is 0 Å². The van der Waals surface area contributed by atoms with Crippen LogP contribution in [-0.2, 0) is 12.8 Å². The standard InChI is InChI=1S/C19H24ClN/c1-3-21-14-17(12-16-8-6-7-15(2)11-16)13-18-9-4-5-10-19(18)20/h4-11,17,21H,3,12-14H2,1-2H3. The lowest BCUT2D eigenvalue weighted by atomic mass is 9.92. The molecule has 0 radical (unpaired) electrons. The summed E-state index contributed by atoms with van der Waals surface area (Å²) in [5.74, 6) is 0.562. The number of hydrogen-bond acceptors (Lipinski definition) is 1. The highest BCUT2D eigenvalue weighted by Gasteiger charge is 2.12. The minimum Gasteiger partial charge on any atom is -0.317 e. The van der Waals surface area contributed by atoms with Gasteiger partial charge >= 0.3 is 0 Å². The smallest absolute Gasteiger partial charge is 0.0438 e. The van der Waals surface area contributed by atoms with E-state index in [1.54, 1.807) is 0 Å². The maximum Gasteiger partial charge on any atom is 0.0438 e. The summed E-state index contributed by atoms with van der Waals surface area (Å²) in [6.45, 7) is 6.33. The Hall–Kier alpha value is -1.31. The van der Waals surface area contributed by atoms with Crippen LogP contribution in [0.15, 0.2) is 48.5 Å². The number of rotatable bonds is 7. The molecule has 2 heteroatoms. The molecule has 2 aromatic rings. The molecule has 1 atom stereocenters. The van der Waals surface area contributed by atoms with E-state index >= 15 is 0 Å². The number of halogens is 1. The number of hydrogen-bond donors (Lipinski definition) is 1. The van der Waals surface area contributed by atoms with E-state index in [1.165, 1.54) is 16.7 Å². The largest absolute Gasteiger partial charge is 0.317 e. The highest BCUT2D eigenvalue weighted by atomic mass is 35.5. The summed E-state index contributed by atoms with van der Waals surface area (Å²) in [5.41, 5.74) is 3.98. The molecule has 2 aromatic carbocycles. The van der Waals surface area contributed by atoms with Crippen molar-refractivity contribution in [2.24, 2.45) is 5.92 Å². The first-order valence-electron chi connectivity index (χ1n) is 7.68. The second kappa shape index (κ2) is 8.21. The van der Waals surface area contributed by atoms with Gasteiger partial charge in [0.25, 0.3) is 0 Å². The van der Waals surface area contributed by atoms with Gasteiger partial charge in [-0.15, -0.1) is 0 Å². The lowest BCUT2D eigenvalue weighted by Crippen LogP contribution is -2.25. The molecule has 1 unspecified atom stereocenters. The quantitative estimate of drug-likeness (QED) is 0.784. The Balaban J connectivity index is 2.09. The zero-order valence-corrected chi connectivity index (χ0v) is 13.7. The Morgan fingerprint density at radius 2 is 1.86 bits per heavy atom. The molecule has 2 rings (SSSR count). The Kier molecular flexibility index (Phi) is 6.28. The van der Waals surface area contributed by atoms with Crippen molar-refractivity contribution in [3.63, 3.8) is 0 Å². The molecule has 1 N–H and O–H groups in total. The van der Waals surface area contributed by atoms with E-state index in [2.05, 4.69) is 55.6 Å². The molecule has 0 saturated carbocycles. The number of aryl methyl sites for hydroxylation is 1. The lowest BCUT2D eigenvalue weighted by Gasteiger charge is -2.18. The minimum atomic E-state index is 0.562. The van der Waals surface area contributed by atoms with Crippen LogP contribution < -0.4 is 5.32 Å². The van der Waals surface area contributed by atoms with Crippen LogP contribution in [-0.4, -0.2) is 13.1 Å². The summed E-state index contributed by atoms with van der Waals surface area (Å²) in [6.07, 6.45) is 2.10. The molecule has 112 valence electrons. The summed E-state index contributed by atoms with van der Waals surface area (Å²) < 4.78 is 0. The fraction of sp³-hybridized carbons (Fsp3) is 0.368. The Morgan fingerprint density at radius 1 is 1.05 bits per heavy atom. The summed E-state index contributed by atoms with van der Waals surface area (Å²) in [7, 11) is 0.